The van der Waals surface area contributed by atoms with Crippen LogP contribution in [0.3, 0.4) is 0 Å². The molecular formula is C18H24N4O. The van der Waals surface area contributed by atoms with Crippen molar-refractivity contribution >= 4 is 17.4 Å². The Morgan fingerprint density at radius 2 is 2.04 bits per heavy atom. The number of rotatable bonds is 6. The molecule has 1 atom stereocenters. The third-order valence-electron chi connectivity index (χ3n) is 3.88. The molecule has 0 radical (unpaired) electrons. The third kappa shape index (κ3) is 4.28. The van der Waals surface area contributed by atoms with Crippen molar-refractivity contribution in [3.05, 3.63) is 47.4 Å². The number of aromatic nitrogens is 2. The molecule has 0 spiro atoms. The summed E-state index contributed by atoms with van der Waals surface area (Å²) < 4.78 is 0. The van der Waals surface area contributed by atoms with E-state index in [0.29, 0.717) is 17.6 Å². The number of amides is 1. The van der Waals surface area contributed by atoms with Gasteiger partial charge in [0.05, 0.1) is 0 Å². The van der Waals surface area contributed by atoms with Crippen LogP contribution in [0.1, 0.15) is 48.8 Å². The van der Waals surface area contributed by atoms with Gasteiger partial charge in [-0.3, -0.25) is 4.79 Å². The molecule has 2 N–H and O–H groups in total. The summed E-state index contributed by atoms with van der Waals surface area (Å²) in [4.78, 5) is 20.8. The van der Waals surface area contributed by atoms with Gasteiger partial charge in [-0.2, -0.15) is 0 Å². The fraction of sp³-hybridized carbons (Fsp3) is 0.389. The van der Waals surface area contributed by atoms with E-state index in [0.717, 1.165) is 29.7 Å². The number of para-hydroxylation sites is 1. The van der Waals surface area contributed by atoms with Crippen LogP contribution in [-0.4, -0.2) is 21.9 Å². The zero-order valence-electron chi connectivity index (χ0n) is 14.2. The Balaban J connectivity index is 2.20. The normalized spacial score (nSPS) is 11.8. The quantitative estimate of drug-likeness (QED) is 0.851. The second-order valence-electron chi connectivity index (χ2n) is 5.66. The van der Waals surface area contributed by atoms with E-state index in [-0.39, 0.29) is 5.91 Å². The van der Waals surface area contributed by atoms with Gasteiger partial charge in [-0.1, -0.05) is 32.0 Å². The van der Waals surface area contributed by atoms with E-state index in [1.807, 2.05) is 25.1 Å². The Hall–Kier alpha value is -2.43. The van der Waals surface area contributed by atoms with Gasteiger partial charge < -0.3 is 10.6 Å². The number of nitrogens with zero attached hydrogens (tertiary/aromatic N) is 2. The van der Waals surface area contributed by atoms with Crippen molar-refractivity contribution in [3.8, 4) is 0 Å². The number of aryl methyl sites for hydroxylation is 2. The van der Waals surface area contributed by atoms with Crippen LogP contribution in [0.2, 0.25) is 0 Å². The van der Waals surface area contributed by atoms with Crippen molar-refractivity contribution in [2.24, 2.45) is 0 Å². The molecule has 0 saturated heterocycles. The van der Waals surface area contributed by atoms with Gasteiger partial charge in [0.1, 0.15) is 17.8 Å². The molecule has 2 rings (SSSR count). The molecule has 0 aliphatic heterocycles. The van der Waals surface area contributed by atoms with Gasteiger partial charge in [0.25, 0.3) is 5.91 Å². The third-order valence-corrected chi connectivity index (χ3v) is 3.88. The molecule has 23 heavy (non-hydrogen) atoms. The van der Waals surface area contributed by atoms with Gasteiger partial charge in [0.2, 0.25) is 0 Å². The second kappa shape index (κ2) is 7.72. The minimum Gasteiger partial charge on any atom is -0.368 e. The number of carbonyl (C=O) groups is 1. The highest BCUT2D eigenvalue weighted by atomic mass is 16.1. The van der Waals surface area contributed by atoms with Crippen LogP contribution in [0, 0.1) is 6.92 Å². The average molecular weight is 312 g/mol. The highest BCUT2D eigenvalue weighted by Gasteiger charge is 2.13. The van der Waals surface area contributed by atoms with Crippen molar-refractivity contribution in [1.82, 2.24) is 9.97 Å². The van der Waals surface area contributed by atoms with E-state index >= 15 is 0 Å². The monoisotopic (exact) mass is 312 g/mol. The van der Waals surface area contributed by atoms with Crippen LogP contribution in [0.25, 0.3) is 0 Å². The Labute approximate surface area is 137 Å². The first kappa shape index (κ1) is 16.9. The molecule has 0 saturated carbocycles. The highest BCUT2D eigenvalue weighted by Crippen LogP contribution is 2.21. The first-order chi connectivity index (χ1) is 11.0. The predicted octanol–water partition coefficient (Wildman–Crippen LogP) is 3.81. The second-order valence-corrected chi connectivity index (χ2v) is 5.66. The summed E-state index contributed by atoms with van der Waals surface area (Å²) in [6, 6.07) is 8.00. The Morgan fingerprint density at radius 3 is 2.74 bits per heavy atom. The van der Waals surface area contributed by atoms with Crippen molar-refractivity contribution in [2.45, 2.75) is 46.6 Å². The van der Waals surface area contributed by atoms with Gasteiger partial charge >= 0.3 is 0 Å². The van der Waals surface area contributed by atoms with Gasteiger partial charge in [0.15, 0.2) is 0 Å². The maximum absolute atomic E-state index is 12.5. The molecule has 1 amide bonds. The molecule has 1 heterocycles. The molecule has 122 valence electrons. The minimum atomic E-state index is -0.219. The Kier molecular flexibility index (Phi) is 5.68. The summed E-state index contributed by atoms with van der Waals surface area (Å²) in [7, 11) is 0. The van der Waals surface area contributed by atoms with Crippen LogP contribution >= 0.6 is 0 Å². The van der Waals surface area contributed by atoms with Crippen LogP contribution in [-0.2, 0) is 6.42 Å². The van der Waals surface area contributed by atoms with Crippen LogP contribution in [0.4, 0.5) is 11.5 Å². The lowest BCUT2D eigenvalue weighted by molar-refractivity contribution is 0.102. The Bertz CT molecular complexity index is 684. The van der Waals surface area contributed by atoms with Gasteiger partial charge in [-0.25, -0.2) is 9.97 Å². The number of benzene rings is 1. The lowest BCUT2D eigenvalue weighted by Crippen LogP contribution is -2.18. The molecule has 5 nitrogen and oxygen atoms in total. The summed E-state index contributed by atoms with van der Waals surface area (Å²) in [6.07, 6.45) is 3.26. The maximum atomic E-state index is 12.5. The number of hydrogen-bond donors (Lipinski definition) is 2. The summed E-state index contributed by atoms with van der Waals surface area (Å²) >= 11 is 0. The van der Waals surface area contributed by atoms with E-state index < -0.39 is 0 Å². The van der Waals surface area contributed by atoms with Crippen molar-refractivity contribution in [2.75, 3.05) is 10.6 Å². The van der Waals surface area contributed by atoms with Gasteiger partial charge in [-0.05, 0) is 37.8 Å². The lowest BCUT2D eigenvalue weighted by atomic mass is 10.1. The first-order valence-electron chi connectivity index (χ1n) is 8.03. The fourth-order valence-corrected chi connectivity index (χ4v) is 2.29. The zero-order valence-corrected chi connectivity index (χ0v) is 14.2. The molecule has 5 heteroatoms. The highest BCUT2D eigenvalue weighted by molar-refractivity contribution is 6.04. The predicted molar refractivity (Wildman–Crippen MR) is 93.9 cm³/mol. The van der Waals surface area contributed by atoms with Gasteiger partial charge in [-0.15, -0.1) is 0 Å². The number of hydrogen-bond acceptors (Lipinski definition) is 4. The van der Waals surface area contributed by atoms with Gasteiger partial charge in [0, 0.05) is 17.8 Å². The van der Waals surface area contributed by atoms with E-state index in [1.54, 1.807) is 6.07 Å². The van der Waals surface area contributed by atoms with Crippen LogP contribution in [0.15, 0.2) is 30.6 Å². The van der Waals surface area contributed by atoms with E-state index in [9.17, 15) is 4.79 Å². The summed E-state index contributed by atoms with van der Waals surface area (Å²) in [6.45, 7) is 8.23. The minimum absolute atomic E-state index is 0.219. The molecule has 1 aromatic heterocycles. The van der Waals surface area contributed by atoms with Crippen molar-refractivity contribution < 1.29 is 4.79 Å². The fourth-order valence-electron chi connectivity index (χ4n) is 2.29. The van der Waals surface area contributed by atoms with Crippen molar-refractivity contribution in [3.63, 3.8) is 0 Å². The number of anilines is 2. The zero-order chi connectivity index (χ0) is 16.8. The largest absolute Gasteiger partial charge is 0.368 e. The van der Waals surface area contributed by atoms with E-state index in [1.165, 1.54) is 6.33 Å². The number of carbonyl (C=O) groups excluding carboxylic acids is 1. The summed E-state index contributed by atoms with van der Waals surface area (Å²) in [5, 5.41) is 6.24. The SMILES string of the molecule is CCc1cccc(C)c1NC(=O)c1cc(NC(C)CC)ncn1. The topological polar surface area (TPSA) is 66.9 Å². The summed E-state index contributed by atoms with van der Waals surface area (Å²) in [5.41, 5.74) is 3.39. The van der Waals surface area contributed by atoms with E-state index in [4.69, 9.17) is 0 Å². The van der Waals surface area contributed by atoms with E-state index in [2.05, 4.69) is 41.4 Å². The molecule has 1 unspecified atom stereocenters. The molecular weight excluding hydrogens is 288 g/mol. The summed E-state index contributed by atoms with van der Waals surface area (Å²) in [5.74, 6) is 0.448. The maximum Gasteiger partial charge on any atom is 0.274 e. The molecule has 1 aromatic carbocycles. The average Bonchev–Trinajstić information content (AvgIpc) is 2.56. The first-order valence-corrected chi connectivity index (χ1v) is 8.03. The lowest BCUT2D eigenvalue weighted by Gasteiger charge is -2.14. The molecule has 0 aliphatic rings. The number of nitrogens with one attached hydrogen (secondary N) is 2. The van der Waals surface area contributed by atoms with Crippen LogP contribution < -0.4 is 10.6 Å². The molecule has 0 bridgehead atoms. The Morgan fingerprint density at radius 1 is 1.26 bits per heavy atom. The standard InChI is InChI=1S/C18H24N4O/c1-5-13(4)21-16-10-15(19-11-20-16)18(23)22-17-12(3)8-7-9-14(17)6-2/h7-11,13H,5-6H2,1-4H3,(H,22,23)(H,19,20,21). The van der Waals surface area contributed by atoms with Crippen molar-refractivity contribution in [1.29, 1.82) is 0 Å². The molecule has 2 aromatic rings. The van der Waals surface area contributed by atoms with Crippen LogP contribution in [0.5, 0.6) is 0 Å². The molecule has 0 fully saturated rings. The molecule has 0 aliphatic carbocycles. The smallest absolute Gasteiger partial charge is 0.274 e.